The first-order chi connectivity index (χ1) is 19.6. The van der Waals surface area contributed by atoms with Crippen molar-refractivity contribution in [2.24, 2.45) is 0 Å². The summed E-state index contributed by atoms with van der Waals surface area (Å²) in [5.74, 6) is 0.611. The second kappa shape index (κ2) is 10.6. The Hall–Kier alpha value is -5.63. The number of pyridine rings is 3. The number of rotatable bonds is 8. The van der Waals surface area contributed by atoms with Crippen molar-refractivity contribution in [1.29, 1.82) is 0 Å². The molecule has 194 valence electrons. The lowest BCUT2D eigenvalue weighted by Gasteiger charge is -2.12. The van der Waals surface area contributed by atoms with Crippen LogP contribution in [0.5, 0.6) is 0 Å². The van der Waals surface area contributed by atoms with Gasteiger partial charge >= 0.3 is 0 Å². The molecule has 5 heterocycles. The Balaban J connectivity index is 1.36. The number of hydrogen-bond acceptors (Lipinski definition) is 6. The summed E-state index contributed by atoms with van der Waals surface area (Å²) in [7, 11) is 0. The number of allylic oxidation sites excluding steroid dienone is 4. The van der Waals surface area contributed by atoms with Crippen LogP contribution in [-0.4, -0.2) is 35.1 Å². The van der Waals surface area contributed by atoms with Crippen molar-refractivity contribution in [3.05, 3.63) is 128 Å². The third kappa shape index (κ3) is 4.69. The molecule has 6 rings (SSSR count). The van der Waals surface area contributed by atoms with Gasteiger partial charge in [-0.3, -0.25) is 15.1 Å². The van der Waals surface area contributed by atoms with E-state index in [1.54, 1.807) is 24.7 Å². The Labute approximate surface area is 231 Å². The number of aromatic amines is 2. The van der Waals surface area contributed by atoms with E-state index in [-0.39, 0.29) is 0 Å². The zero-order chi connectivity index (χ0) is 27.5. The average molecular weight is 523 g/mol. The highest BCUT2D eigenvalue weighted by Crippen LogP contribution is 2.31. The molecule has 1 aromatic carbocycles. The molecule has 0 radical (unpaired) electrons. The standard InChI is InChI=1S/C32H26N8/c1-4-21(17-24(5-2)35-20(3)22-9-7-6-8-10-22)26-11-12-27-30(36-26)31(40-39-27)32-37-28-19-34-18-25(29(28)38-32)23-13-15-33-16-14-23/h4-19,35H,2-3H2,1H3,(H,37,38)(H,39,40)/b21-4+,24-17+. The second-order valence-electron chi connectivity index (χ2n) is 9.09. The summed E-state index contributed by atoms with van der Waals surface area (Å²) in [6.45, 7) is 10.1. The number of H-pyrrole nitrogens is 2. The number of hydrogen-bond donors (Lipinski definition) is 3. The minimum Gasteiger partial charge on any atom is -0.356 e. The largest absolute Gasteiger partial charge is 0.356 e. The number of benzene rings is 1. The molecule has 0 saturated carbocycles. The van der Waals surface area contributed by atoms with Gasteiger partial charge in [0.2, 0.25) is 0 Å². The molecule has 0 fully saturated rings. The highest BCUT2D eigenvalue weighted by Gasteiger charge is 2.17. The molecule has 0 aliphatic rings. The molecule has 3 N–H and O–H groups in total. The summed E-state index contributed by atoms with van der Waals surface area (Å²) in [6.07, 6.45) is 12.9. The van der Waals surface area contributed by atoms with Crippen molar-refractivity contribution in [3.63, 3.8) is 0 Å². The van der Waals surface area contributed by atoms with E-state index in [1.807, 2.05) is 79.9 Å². The van der Waals surface area contributed by atoms with Crippen molar-refractivity contribution in [2.75, 3.05) is 0 Å². The minimum atomic E-state index is 0.611. The van der Waals surface area contributed by atoms with Crippen LogP contribution < -0.4 is 5.32 Å². The van der Waals surface area contributed by atoms with Gasteiger partial charge in [0.05, 0.1) is 28.4 Å². The Kier molecular flexibility index (Phi) is 6.56. The van der Waals surface area contributed by atoms with Crippen LogP contribution in [0.3, 0.4) is 0 Å². The van der Waals surface area contributed by atoms with Gasteiger partial charge in [0.15, 0.2) is 11.5 Å². The molecule has 8 nitrogen and oxygen atoms in total. The van der Waals surface area contributed by atoms with Crippen molar-refractivity contribution < 1.29 is 0 Å². The van der Waals surface area contributed by atoms with Gasteiger partial charge in [-0.25, -0.2) is 9.97 Å². The summed E-state index contributed by atoms with van der Waals surface area (Å²) in [5, 5.41) is 11.0. The maximum absolute atomic E-state index is 4.98. The zero-order valence-corrected chi connectivity index (χ0v) is 21.9. The third-order valence-corrected chi connectivity index (χ3v) is 6.57. The first-order valence-corrected chi connectivity index (χ1v) is 12.8. The predicted octanol–water partition coefficient (Wildman–Crippen LogP) is 6.69. The number of nitrogens with zero attached hydrogens (tertiary/aromatic N) is 5. The number of nitrogens with one attached hydrogen (secondary N) is 3. The van der Waals surface area contributed by atoms with Crippen LogP contribution in [0.15, 0.2) is 116 Å². The summed E-state index contributed by atoms with van der Waals surface area (Å²) < 4.78 is 0. The maximum Gasteiger partial charge on any atom is 0.161 e. The molecule has 0 unspecified atom stereocenters. The quantitative estimate of drug-likeness (QED) is 0.192. The number of fused-ring (bicyclic) bond motifs is 2. The molecule has 0 aliphatic heterocycles. The normalized spacial score (nSPS) is 12.1. The Morgan fingerprint density at radius 1 is 0.900 bits per heavy atom. The van der Waals surface area contributed by atoms with E-state index in [4.69, 9.17) is 9.97 Å². The van der Waals surface area contributed by atoms with Crippen LogP contribution in [0.4, 0.5) is 0 Å². The molecule has 0 atom stereocenters. The fourth-order valence-corrected chi connectivity index (χ4v) is 4.52. The first-order valence-electron chi connectivity index (χ1n) is 12.8. The van der Waals surface area contributed by atoms with Gasteiger partial charge in [-0.05, 0) is 60.0 Å². The van der Waals surface area contributed by atoms with Gasteiger partial charge in [-0.1, -0.05) is 49.6 Å². The SMILES string of the molecule is C=C/C(=C\C(=C/C)c1ccc2[nH]nc(-c3nc4c(-c5ccncc5)cncc4[nH]3)c2n1)NC(=C)c1ccccc1. The third-order valence-electron chi connectivity index (χ3n) is 6.57. The van der Waals surface area contributed by atoms with Crippen molar-refractivity contribution in [2.45, 2.75) is 6.92 Å². The highest BCUT2D eigenvalue weighted by atomic mass is 15.1. The van der Waals surface area contributed by atoms with Crippen LogP contribution >= 0.6 is 0 Å². The summed E-state index contributed by atoms with van der Waals surface area (Å²) >= 11 is 0. The van der Waals surface area contributed by atoms with Gasteiger partial charge < -0.3 is 10.3 Å². The lowest BCUT2D eigenvalue weighted by Crippen LogP contribution is -2.09. The molecule has 0 spiro atoms. The van der Waals surface area contributed by atoms with E-state index < -0.39 is 0 Å². The molecule has 0 saturated heterocycles. The molecular formula is C32H26N8. The highest BCUT2D eigenvalue weighted by molar-refractivity contribution is 5.95. The monoisotopic (exact) mass is 522 g/mol. The Morgan fingerprint density at radius 3 is 2.50 bits per heavy atom. The van der Waals surface area contributed by atoms with Gasteiger partial charge in [-0.2, -0.15) is 5.10 Å². The van der Waals surface area contributed by atoms with Crippen LogP contribution in [0.25, 0.3) is 56.0 Å². The Bertz CT molecular complexity index is 1910. The van der Waals surface area contributed by atoms with Crippen molar-refractivity contribution >= 4 is 33.3 Å². The van der Waals surface area contributed by atoms with Gasteiger partial charge in [-0.15, -0.1) is 0 Å². The fourth-order valence-electron chi connectivity index (χ4n) is 4.52. The topological polar surface area (TPSA) is 108 Å². The summed E-state index contributed by atoms with van der Waals surface area (Å²) in [4.78, 5) is 21.8. The van der Waals surface area contributed by atoms with Crippen LogP contribution in [0, 0.1) is 0 Å². The molecule has 8 heteroatoms. The second-order valence-corrected chi connectivity index (χ2v) is 9.09. The first kappa shape index (κ1) is 24.7. The van der Waals surface area contributed by atoms with E-state index >= 15 is 0 Å². The van der Waals surface area contributed by atoms with Crippen molar-refractivity contribution in [3.8, 4) is 22.6 Å². The van der Waals surface area contributed by atoms with E-state index in [2.05, 4.69) is 43.6 Å². The smallest absolute Gasteiger partial charge is 0.161 e. The van der Waals surface area contributed by atoms with Crippen LogP contribution in [0.1, 0.15) is 18.2 Å². The van der Waals surface area contributed by atoms with Gasteiger partial charge in [0.25, 0.3) is 0 Å². The molecule has 0 aliphatic carbocycles. The summed E-state index contributed by atoms with van der Waals surface area (Å²) in [5.41, 5.74) is 10.00. The van der Waals surface area contributed by atoms with Gasteiger partial charge in [0, 0.05) is 35.5 Å². The molecule has 6 aromatic rings. The number of aromatic nitrogens is 7. The van der Waals surface area contributed by atoms with Gasteiger partial charge in [0.1, 0.15) is 5.52 Å². The molecular weight excluding hydrogens is 496 g/mol. The van der Waals surface area contributed by atoms with E-state index in [0.717, 1.165) is 55.9 Å². The van der Waals surface area contributed by atoms with Crippen LogP contribution in [-0.2, 0) is 0 Å². The van der Waals surface area contributed by atoms with E-state index in [0.29, 0.717) is 17.0 Å². The molecule has 0 bridgehead atoms. The summed E-state index contributed by atoms with van der Waals surface area (Å²) in [6, 6.07) is 17.8. The lowest BCUT2D eigenvalue weighted by atomic mass is 10.1. The molecule has 40 heavy (non-hydrogen) atoms. The molecule has 0 amide bonds. The van der Waals surface area contributed by atoms with E-state index in [9.17, 15) is 0 Å². The minimum absolute atomic E-state index is 0.611. The average Bonchev–Trinajstić information content (AvgIpc) is 3.64. The van der Waals surface area contributed by atoms with Crippen molar-refractivity contribution in [1.82, 2.24) is 40.4 Å². The molecule has 5 aromatic heterocycles. The number of imidazole rings is 1. The Morgan fingerprint density at radius 2 is 1.73 bits per heavy atom. The lowest BCUT2D eigenvalue weighted by molar-refractivity contribution is 1.10. The maximum atomic E-state index is 4.98. The fraction of sp³-hybridized carbons (Fsp3) is 0.0312. The van der Waals surface area contributed by atoms with E-state index in [1.165, 1.54) is 0 Å². The zero-order valence-electron chi connectivity index (χ0n) is 21.9. The van der Waals surface area contributed by atoms with Crippen LogP contribution in [0.2, 0.25) is 0 Å². The predicted molar refractivity (Wildman–Crippen MR) is 161 cm³/mol.